The van der Waals surface area contributed by atoms with Gasteiger partial charge in [0, 0.05) is 27.5 Å². The number of unbranched alkanes of at least 4 members (excludes halogenated alkanes) is 1. The number of rotatable bonds is 5. The summed E-state index contributed by atoms with van der Waals surface area (Å²) in [5.74, 6) is -0.598. The van der Waals surface area contributed by atoms with Gasteiger partial charge in [-0.1, -0.05) is 28.1 Å². The fourth-order valence-corrected chi connectivity index (χ4v) is 3.32. The summed E-state index contributed by atoms with van der Waals surface area (Å²) >= 11 is 3.46. The zero-order valence-corrected chi connectivity index (χ0v) is 14.3. The van der Waals surface area contributed by atoms with E-state index in [0.717, 1.165) is 9.86 Å². The van der Waals surface area contributed by atoms with Crippen molar-refractivity contribution in [3.63, 3.8) is 0 Å². The van der Waals surface area contributed by atoms with Crippen molar-refractivity contribution in [2.75, 3.05) is 13.2 Å². The molecule has 0 saturated heterocycles. The third-order valence-electron chi connectivity index (χ3n) is 3.96. The average Bonchev–Trinajstić information content (AvgIpc) is 2.56. The maximum absolute atomic E-state index is 12.7. The maximum Gasteiger partial charge on any atom is 0.404 e. The van der Waals surface area contributed by atoms with Crippen LogP contribution in [-0.4, -0.2) is 36.0 Å². The molecule has 1 heterocycles. The molecule has 24 heavy (non-hydrogen) atoms. The van der Waals surface area contributed by atoms with E-state index in [1.165, 1.54) is 4.90 Å². The molecule has 2 N–H and O–H groups in total. The standard InChI is InChI=1S/C17H15BrN2O4/c18-13-7-6-12-14-10(13)4-3-5-11(14)15(21)20(16(12)22)8-1-2-9-24-17(19)23/h3-7H,1-2,8-9H2,(H2,19,23). The van der Waals surface area contributed by atoms with Crippen molar-refractivity contribution in [1.82, 2.24) is 4.90 Å². The minimum atomic E-state index is -0.827. The molecule has 1 aliphatic rings. The van der Waals surface area contributed by atoms with E-state index >= 15 is 0 Å². The molecule has 2 aromatic carbocycles. The highest BCUT2D eigenvalue weighted by molar-refractivity contribution is 9.10. The number of carbonyl (C=O) groups is 3. The van der Waals surface area contributed by atoms with Crippen LogP contribution in [0.2, 0.25) is 0 Å². The van der Waals surface area contributed by atoms with Crippen molar-refractivity contribution in [2.24, 2.45) is 5.73 Å². The Labute approximate surface area is 146 Å². The van der Waals surface area contributed by atoms with Gasteiger partial charge in [0.1, 0.15) is 0 Å². The van der Waals surface area contributed by atoms with Crippen LogP contribution in [-0.2, 0) is 4.74 Å². The van der Waals surface area contributed by atoms with E-state index < -0.39 is 6.09 Å². The monoisotopic (exact) mass is 390 g/mol. The zero-order chi connectivity index (χ0) is 17.3. The Morgan fingerprint density at radius 2 is 1.79 bits per heavy atom. The Morgan fingerprint density at radius 3 is 2.50 bits per heavy atom. The van der Waals surface area contributed by atoms with Gasteiger partial charge in [-0.25, -0.2) is 4.79 Å². The SMILES string of the molecule is NC(=O)OCCCCN1C(=O)c2cccc3c(Br)ccc(c23)C1=O. The summed E-state index contributed by atoms with van der Waals surface area (Å²) in [6, 6.07) is 8.96. The van der Waals surface area contributed by atoms with E-state index in [4.69, 9.17) is 5.73 Å². The van der Waals surface area contributed by atoms with Crippen molar-refractivity contribution >= 4 is 44.6 Å². The van der Waals surface area contributed by atoms with Gasteiger partial charge in [-0.15, -0.1) is 0 Å². The van der Waals surface area contributed by atoms with Crippen LogP contribution in [0.15, 0.2) is 34.8 Å². The highest BCUT2D eigenvalue weighted by atomic mass is 79.9. The van der Waals surface area contributed by atoms with E-state index in [2.05, 4.69) is 20.7 Å². The Morgan fingerprint density at radius 1 is 1.08 bits per heavy atom. The number of imide groups is 1. The molecule has 0 unspecified atom stereocenters. The third-order valence-corrected chi connectivity index (χ3v) is 4.65. The van der Waals surface area contributed by atoms with Crippen LogP contribution in [0, 0.1) is 0 Å². The van der Waals surface area contributed by atoms with E-state index in [9.17, 15) is 14.4 Å². The minimum Gasteiger partial charge on any atom is -0.450 e. The number of nitrogens with two attached hydrogens (primary N) is 1. The number of hydrogen-bond acceptors (Lipinski definition) is 4. The fourth-order valence-electron chi connectivity index (χ4n) is 2.86. The highest BCUT2D eigenvalue weighted by Gasteiger charge is 2.32. The van der Waals surface area contributed by atoms with Crippen LogP contribution in [0.5, 0.6) is 0 Å². The van der Waals surface area contributed by atoms with Crippen molar-refractivity contribution in [3.05, 3.63) is 45.9 Å². The van der Waals surface area contributed by atoms with Crippen molar-refractivity contribution < 1.29 is 19.1 Å². The molecule has 124 valence electrons. The molecular formula is C17H15BrN2O4. The molecule has 0 radical (unpaired) electrons. The van der Waals surface area contributed by atoms with Crippen LogP contribution in [0.3, 0.4) is 0 Å². The molecule has 1 aliphatic heterocycles. The van der Waals surface area contributed by atoms with E-state index in [0.29, 0.717) is 29.4 Å². The number of primary amides is 1. The van der Waals surface area contributed by atoms with E-state index in [-0.39, 0.29) is 25.0 Å². The van der Waals surface area contributed by atoms with Gasteiger partial charge in [0.25, 0.3) is 11.8 Å². The Kier molecular flexibility index (Phi) is 4.53. The molecule has 0 fully saturated rings. The Balaban J connectivity index is 1.83. The molecule has 0 atom stereocenters. The van der Waals surface area contributed by atoms with E-state index in [1.54, 1.807) is 18.2 Å². The number of benzene rings is 2. The summed E-state index contributed by atoms with van der Waals surface area (Å²) in [6.45, 7) is 0.441. The maximum atomic E-state index is 12.7. The predicted octanol–water partition coefficient (Wildman–Crippen LogP) is 3.07. The average molecular weight is 391 g/mol. The van der Waals surface area contributed by atoms with Crippen molar-refractivity contribution in [2.45, 2.75) is 12.8 Å². The fraction of sp³-hybridized carbons (Fsp3) is 0.235. The van der Waals surface area contributed by atoms with Gasteiger partial charge >= 0.3 is 6.09 Å². The quantitative estimate of drug-likeness (QED) is 0.627. The lowest BCUT2D eigenvalue weighted by molar-refractivity contribution is 0.0603. The molecule has 0 bridgehead atoms. The minimum absolute atomic E-state index is 0.171. The first-order valence-electron chi connectivity index (χ1n) is 7.50. The summed E-state index contributed by atoms with van der Waals surface area (Å²) in [6.07, 6.45) is 0.232. The molecule has 6 nitrogen and oxygen atoms in total. The smallest absolute Gasteiger partial charge is 0.404 e. The van der Waals surface area contributed by atoms with Gasteiger partial charge in [-0.3, -0.25) is 14.5 Å². The van der Waals surface area contributed by atoms with Crippen LogP contribution in [0.4, 0.5) is 4.79 Å². The number of nitrogens with zero attached hydrogens (tertiary/aromatic N) is 1. The number of hydrogen-bond donors (Lipinski definition) is 1. The van der Waals surface area contributed by atoms with Gasteiger partial charge in [-0.2, -0.15) is 0 Å². The van der Waals surface area contributed by atoms with Crippen molar-refractivity contribution in [1.29, 1.82) is 0 Å². The molecule has 0 aliphatic carbocycles. The second-order valence-corrected chi connectivity index (χ2v) is 6.31. The molecule has 0 spiro atoms. The van der Waals surface area contributed by atoms with Gasteiger partial charge in [0.2, 0.25) is 0 Å². The van der Waals surface area contributed by atoms with Gasteiger partial charge < -0.3 is 10.5 Å². The number of amides is 3. The summed E-state index contributed by atoms with van der Waals surface area (Å²) < 4.78 is 5.49. The van der Waals surface area contributed by atoms with Gasteiger partial charge in [-0.05, 0) is 36.4 Å². The number of ether oxygens (including phenoxy) is 1. The molecule has 3 rings (SSSR count). The van der Waals surface area contributed by atoms with Crippen LogP contribution in [0.25, 0.3) is 10.8 Å². The van der Waals surface area contributed by atoms with Crippen LogP contribution >= 0.6 is 15.9 Å². The first-order valence-corrected chi connectivity index (χ1v) is 8.29. The van der Waals surface area contributed by atoms with Crippen LogP contribution in [0.1, 0.15) is 33.6 Å². The molecule has 3 amide bonds. The predicted molar refractivity (Wildman–Crippen MR) is 91.8 cm³/mol. The molecule has 0 saturated carbocycles. The molecule has 2 aromatic rings. The Bertz CT molecular complexity index is 828. The number of halogens is 1. The molecule has 7 heteroatoms. The molecule has 0 aromatic heterocycles. The lowest BCUT2D eigenvalue weighted by Gasteiger charge is -2.27. The second kappa shape index (κ2) is 6.60. The zero-order valence-electron chi connectivity index (χ0n) is 12.8. The summed E-state index contributed by atoms with van der Waals surface area (Å²) in [7, 11) is 0. The first-order chi connectivity index (χ1) is 11.5. The van der Waals surface area contributed by atoms with Crippen molar-refractivity contribution in [3.8, 4) is 0 Å². The topological polar surface area (TPSA) is 89.7 Å². The highest BCUT2D eigenvalue weighted by Crippen LogP contribution is 2.34. The third kappa shape index (κ3) is 2.87. The van der Waals surface area contributed by atoms with Gasteiger partial charge in [0.05, 0.1) is 6.61 Å². The van der Waals surface area contributed by atoms with E-state index in [1.807, 2.05) is 12.1 Å². The second-order valence-electron chi connectivity index (χ2n) is 5.46. The van der Waals surface area contributed by atoms with Gasteiger partial charge in [0.15, 0.2) is 0 Å². The molecular weight excluding hydrogens is 376 g/mol. The summed E-state index contributed by atoms with van der Waals surface area (Å²) in [5.41, 5.74) is 5.94. The largest absolute Gasteiger partial charge is 0.450 e. The first kappa shape index (κ1) is 16.4. The summed E-state index contributed by atoms with van der Waals surface area (Å²) in [5, 5.41) is 1.54. The normalized spacial score (nSPS) is 13.5. The lowest BCUT2D eigenvalue weighted by atomic mass is 9.94. The Hall–Kier alpha value is -2.41. The number of carbonyl (C=O) groups excluding carboxylic acids is 3. The summed E-state index contributed by atoms with van der Waals surface area (Å²) in [4.78, 5) is 37.1. The lowest BCUT2D eigenvalue weighted by Crippen LogP contribution is -2.41. The van der Waals surface area contributed by atoms with Crippen LogP contribution < -0.4 is 5.73 Å².